The first-order chi connectivity index (χ1) is 24.2. The molecule has 1 fully saturated rings. The molecule has 0 bridgehead atoms. The zero-order valence-electron chi connectivity index (χ0n) is 32.3. The van der Waals surface area contributed by atoms with Crippen LogP contribution in [0, 0.1) is 10.5 Å². The van der Waals surface area contributed by atoms with Crippen molar-refractivity contribution in [1.82, 2.24) is 39.2 Å². The number of halogens is 1. The van der Waals surface area contributed by atoms with Crippen molar-refractivity contribution in [2.45, 2.75) is 111 Å². The van der Waals surface area contributed by atoms with Gasteiger partial charge in [-0.3, -0.25) is 14.6 Å². The molecule has 0 aliphatic carbocycles. The maximum atomic E-state index is 6.63. The lowest BCUT2D eigenvalue weighted by Gasteiger charge is -2.36. The first kappa shape index (κ1) is 39.4. The summed E-state index contributed by atoms with van der Waals surface area (Å²) >= 11 is 2.38. The van der Waals surface area contributed by atoms with Crippen LogP contribution >= 0.6 is 22.6 Å². The van der Waals surface area contributed by atoms with Crippen LogP contribution in [0.25, 0.3) is 28.2 Å². The third-order valence-electron chi connectivity index (χ3n) is 10.3. The van der Waals surface area contributed by atoms with Gasteiger partial charge in [0.15, 0.2) is 14.5 Å². The normalized spacial score (nSPS) is 16.3. The number of fused-ring (bicyclic) bond motifs is 1. The number of ether oxygens (including phenoxy) is 3. The van der Waals surface area contributed by atoms with E-state index >= 15 is 0 Å². The van der Waals surface area contributed by atoms with E-state index in [2.05, 4.69) is 92.5 Å². The molecule has 1 saturated heterocycles. The monoisotopic (exact) mass is 832 g/mol. The quantitative estimate of drug-likeness (QED) is 0.0821. The van der Waals surface area contributed by atoms with Crippen molar-refractivity contribution in [3.05, 3.63) is 39.5 Å². The number of hydrogen-bond donors (Lipinski definition) is 0. The number of pyridine rings is 1. The van der Waals surface area contributed by atoms with Crippen LogP contribution in [0.2, 0.25) is 18.1 Å². The van der Waals surface area contributed by atoms with E-state index < -0.39 is 8.32 Å². The summed E-state index contributed by atoms with van der Waals surface area (Å²) in [6.45, 7) is 28.4. The van der Waals surface area contributed by atoms with E-state index in [0.717, 1.165) is 75.2 Å². The van der Waals surface area contributed by atoms with Crippen molar-refractivity contribution in [3.63, 3.8) is 0 Å². The first-order valence-corrected chi connectivity index (χ1v) is 22.2. The van der Waals surface area contributed by atoms with Crippen molar-refractivity contribution in [2.75, 3.05) is 33.0 Å². The van der Waals surface area contributed by atoms with Crippen LogP contribution in [0.15, 0.2) is 18.8 Å². The molecule has 0 spiro atoms. The molecule has 0 amide bonds. The fraction of sp³-hybridized carbons (Fsp3) is 0.622. The molecule has 1 aliphatic rings. The van der Waals surface area contributed by atoms with Crippen molar-refractivity contribution < 1.29 is 18.6 Å². The van der Waals surface area contributed by atoms with Crippen LogP contribution < -0.4 is 9.47 Å². The Morgan fingerprint density at radius 2 is 1.94 bits per heavy atom. The van der Waals surface area contributed by atoms with Gasteiger partial charge in [-0.1, -0.05) is 34.3 Å². The predicted molar refractivity (Wildman–Crippen MR) is 214 cm³/mol. The average molecular weight is 833 g/mol. The van der Waals surface area contributed by atoms with Gasteiger partial charge >= 0.3 is 0 Å². The third kappa shape index (κ3) is 8.55. The van der Waals surface area contributed by atoms with Gasteiger partial charge in [-0.25, -0.2) is 9.36 Å². The maximum Gasteiger partial charge on any atom is 0.246 e. The Balaban J connectivity index is 1.34. The third-order valence-corrected chi connectivity index (χ3v) is 16.0. The number of likely N-dealkylation sites (N-methyl/N-ethyl adjacent to an activating group) is 1. The molecule has 12 nitrogen and oxygen atoms in total. The predicted octanol–water partition coefficient (Wildman–Crippen LogP) is 7.99. The van der Waals surface area contributed by atoms with Crippen molar-refractivity contribution in [3.8, 4) is 23.0 Å². The summed E-state index contributed by atoms with van der Waals surface area (Å²) in [6, 6.07) is 2.17. The van der Waals surface area contributed by atoms with Crippen LogP contribution in [-0.4, -0.2) is 86.6 Å². The Morgan fingerprint density at radius 3 is 2.59 bits per heavy atom. The summed E-state index contributed by atoms with van der Waals surface area (Å²) in [5.74, 6) is 1.36. The van der Waals surface area contributed by atoms with Crippen LogP contribution in [0.4, 0.5) is 0 Å². The smallest absolute Gasteiger partial charge is 0.246 e. The Kier molecular flexibility index (Phi) is 12.7. The molecule has 5 rings (SSSR count). The Hall–Kier alpha value is -2.79. The summed E-state index contributed by atoms with van der Waals surface area (Å²) in [5.41, 5.74) is 5.39. The molecule has 4 aromatic heterocycles. The zero-order valence-corrected chi connectivity index (χ0v) is 35.4. The molecular formula is C37H57IN8O4Si. The van der Waals surface area contributed by atoms with Gasteiger partial charge < -0.3 is 18.6 Å². The largest absolute Gasteiger partial charge is 0.476 e. The van der Waals surface area contributed by atoms with Gasteiger partial charge in [-0.15, -0.1) is 5.10 Å². The van der Waals surface area contributed by atoms with Crippen LogP contribution in [-0.2, 0) is 29.3 Å². The van der Waals surface area contributed by atoms with E-state index in [0.29, 0.717) is 44.7 Å². The second kappa shape index (κ2) is 16.5. The molecule has 0 aromatic carbocycles. The van der Waals surface area contributed by atoms with Crippen LogP contribution in [0.5, 0.6) is 11.8 Å². The number of rotatable bonds is 16. The number of nitrogens with zero attached hydrogens (tertiary/aromatic N) is 8. The summed E-state index contributed by atoms with van der Waals surface area (Å²) in [4.78, 5) is 7.32. The lowest BCUT2D eigenvalue weighted by Crippen LogP contribution is -2.41. The average Bonchev–Trinajstić information content (AvgIpc) is 3.71. The van der Waals surface area contributed by atoms with Crippen molar-refractivity contribution in [2.24, 2.45) is 7.05 Å². The summed E-state index contributed by atoms with van der Waals surface area (Å²) in [7, 11) is 0.0375. The first-order valence-electron chi connectivity index (χ1n) is 18.3. The maximum absolute atomic E-state index is 6.63. The summed E-state index contributed by atoms with van der Waals surface area (Å²) in [5, 5.41) is 15.6. The molecule has 280 valence electrons. The fourth-order valence-corrected chi connectivity index (χ4v) is 8.02. The van der Waals surface area contributed by atoms with Gasteiger partial charge in [0.2, 0.25) is 11.8 Å². The summed E-state index contributed by atoms with van der Waals surface area (Å²) < 4.78 is 32.0. The van der Waals surface area contributed by atoms with E-state index in [-0.39, 0.29) is 17.3 Å². The molecular weight excluding hydrogens is 775 g/mol. The molecule has 4 aromatic rings. The number of aryl methyl sites for hydroxylation is 2. The lowest BCUT2D eigenvalue weighted by atomic mass is 10.1. The Bertz CT molecular complexity index is 1800. The fourth-order valence-electron chi connectivity index (χ4n) is 6.28. The van der Waals surface area contributed by atoms with Crippen molar-refractivity contribution >= 4 is 47.9 Å². The van der Waals surface area contributed by atoms with E-state index in [9.17, 15) is 0 Å². The van der Waals surface area contributed by atoms with E-state index in [1.54, 1.807) is 6.08 Å². The van der Waals surface area contributed by atoms with Gasteiger partial charge in [0.1, 0.15) is 6.61 Å². The molecule has 1 aliphatic heterocycles. The second-order valence-electron chi connectivity index (χ2n) is 14.9. The van der Waals surface area contributed by atoms with Gasteiger partial charge in [0, 0.05) is 31.6 Å². The SMILES string of the molecule is C=Cc1nn(C2CCCCO2)c2cnc(-c3c(C)nn(C)c3OC[C@H](C)N(CC)Cc3c(I)c(OCC)nn3CCO[Si](C)(C)C(C)(C)C)cc12. The van der Waals surface area contributed by atoms with Gasteiger partial charge in [0.05, 0.1) is 63.4 Å². The van der Waals surface area contributed by atoms with Crippen LogP contribution in [0.1, 0.15) is 84.1 Å². The van der Waals surface area contributed by atoms with E-state index in [4.69, 9.17) is 38.9 Å². The molecule has 0 N–H and O–H groups in total. The minimum Gasteiger partial charge on any atom is -0.476 e. The molecule has 5 heterocycles. The van der Waals surface area contributed by atoms with Gasteiger partial charge in [0.25, 0.3) is 0 Å². The van der Waals surface area contributed by atoms with Crippen LogP contribution in [0.3, 0.4) is 0 Å². The van der Waals surface area contributed by atoms with Crippen molar-refractivity contribution in [1.29, 1.82) is 0 Å². The Labute approximate surface area is 318 Å². The van der Waals surface area contributed by atoms with Gasteiger partial charge in [-0.05, 0) is 99.4 Å². The lowest BCUT2D eigenvalue weighted by molar-refractivity contribution is -0.0367. The highest BCUT2D eigenvalue weighted by molar-refractivity contribution is 14.1. The molecule has 0 saturated carbocycles. The zero-order chi connectivity index (χ0) is 37.1. The molecule has 1 unspecified atom stereocenters. The molecule has 2 atom stereocenters. The minimum atomic E-state index is -1.88. The van der Waals surface area contributed by atoms with E-state index in [1.807, 2.05) is 36.5 Å². The Morgan fingerprint density at radius 1 is 1.18 bits per heavy atom. The van der Waals surface area contributed by atoms with E-state index in [1.165, 1.54) is 0 Å². The highest BCUT2D eigenvalue weighted by Crippen LogP contribution is 2.37. The highest BCUT2D eigenvalue weighted by atomic mass is 127. The molecule has 0 radical (unpaired) electrons. The molecule has 51 heavy (non-hydrogen) atoms. The molecule has 14 heteroatoms. The minimum absolute atomic E-state index is 0.0899. The summed E-state index contributed by atoms with van der Waals surface area (Å²) in [6.07, 6.45) is 6.73. The topological polar surface area (TPSA) is 107 Å². The standard InChI is InChI=1S/C37H57IN8O4Si/c1-12-28-27-21-29(39-22-30(27)46(41-28)32-17-15-16-19-48-32)33-26(5)40-43(9)36(33)49-24-25(4)44(13-2)23-31-34(38)35(47-14-3)42-45(31)18-20-50-51(10,11)37(6,7)8/h12,21-22,25,32H,1,13-20,23-24H2,2-11H3/t25-,32?/m0/s1. The second-order valence-corrected chi connectivity index (χ2v) is 20.8. The highest BCUT2D eigenvalue weighted by Gasteiger charge is 2.37. The van der Waals surface area contributed by atoms with Gasteiger partial charge in [-0.2, -0.15) is 10.2 Å². The number of hydrogen-bond acceptors (Lipinski definition) is 9. The number of aromatic nitrogens is 7.